The van der Waals surface area contributed by atoms with Crippen LogP contribution in [0.3, 0.4) is 0 Å². The summed E-state index contributed by atoms with van der Waals surface area (Å²) in [5.41, 5.74) is 5.94. The molecular weight excluding hydrogens is 482 g/mol. The van der Waals surface area contributed by atoms with Gasteiger partial charge < -0.3 is 0 Å². The number of aromatic nitrogens is 5. The Morgan fingerprint density at radius 2 is 1.79 bits per heavy atom. The van der Waals surface area contributed by atoms with Crippen LogP contribution in [-0.2, 0) is 17.6 Å². The zero-order valence-electron chi connectivity index (χ0n) is 21.8. The molecule has 1 unspecified atom stereocenters. The molecule has 2 aromatic carbocycles. The Bertz CT molecular complexity index is 1750. The Labute approximate surface area is 218 Å². The number of carbonyl (C=O) groups excluding carboxylic acids is 1. The van der Waals surface area contributed by atoms with Crippen LogP contribution < -0.4 is 11.2 Å². The van der Waals surface area contributed by atoms with Gasteiger partial charge in [-0.1, -0.05) is 74.0 Å². The minimum Gasteiger partial charge on any atom is -0.299 e. The maximum atomic E-state index is 13.9. The van der Waals surface area contributed by atoms with Gasteiger partial charge in [0.2, 0.25) is 0 Å². The lowest BCUT2D eigenvalue weighted by Gasteiger charge is -2.16. The fourth-order valence-corrected chi connectivity index (χ4v) is 4.92. The second-order valence-electron chi connectivity index (χ2n) is 9.58. The van der Waals surface area contributed by atoms with Crippen LogP contribution >= 0.6 is 0 Å². The van der Waals surface area contributed by atoms with Crippen molar-refractivity contribution in [1.82, 2.24) is 24.7 Å². The molecule has 5 aromatic rings. The Kier molecular flexibility index (Phi) is 6.67. The van der Waals surface area contributed by atoms with Crippen molar-refractivity contribution in [2.45, 2.75) is 52.9 Å². The first-order chi connectivity index (χ1) is 18.3. The summed E-state index contributed by atoms with van der Waals surface area (Å²) in [6, 6.07) is 15.6. The van der Waals surface area contributed by atoms with Gasteiger partial charge in [0.15, 0.2) is 16.9 Å². The van der Waals surface area contributed by atoms with Crippen LogP contribution in [0.1, 0.15) is 61.3 Å². The van der Waals surface area contributed by atoms with Crippen molar-refractivity contribution >= 4 is 11.4 Å². The zero-order valence-corrected chi connectivity index (χ0v) is 21.8. The molecule has 0 amide bonds. The van der Waals surface area contributed by atoms with Crippen molar-refractivity contribution in [3.63, 3.8) is 0 Å². The first-order valence-electron chi connectivity index (χ1n) is 12.7. The molecule has 0 aliphatic carbocycles. The van der Waals surface area contributed by atoms with Crippen LogP contribution in [-0.4, -0.2) is 30.5 Å². The molecule has 3 aromatic heterocycles. The zero-order chi connectivity index (χ0) is 27.0. The molecule has 0 fully saturated rings. The number of hydrogen-bond acceptors (Lipinski definition) is 6. The van der Waals surface area contributed by atoms with Gasteiger partial charge in [-0.15, -0.1) is 0 Å². The molecule has 0 bridgehead atoms. The molecule has 9 heteroatoms. The summed E-state index contributed by atoms with van der Waals surface area (Å²) in [5, 5.41) is 7.10. The number of H-pyrrole nitrogens is 2. The number of ketones is 1. The molecule has 0 radical (unpaired) electrons. The lowest BCUT2D eigenvalue weighted by atomic mass is 9.91. The summed E-state index contributed by atoms with van der Waals surface area (Å²) in [7, 11) is 0. The van der Waals surface area contributed by atoms with E-state index in [1.165, 1.54) is 6.92 Å². The van der Waals surface area contributed by atoms with Crippen molar-refractivity contribution in [2.75, 3.05) is 0 Å². The molecular formula is C29H29N5O4. The highest BCUT2D eigenvalue weighted by molar-refractivity contribution is 5.85. The predicted octanol–water partition coefficient (Wildman–Crippen LogP) is 4.58. The minimum atomic E-state index is -0.609. The van der Waals surface area contributed by atoms with Gasteiger partial charge >= 0.3 is 5.76 Å². The minimum absolute atomic E-state index is 0.0738. The van der Waals surface area contributed by atoms with E-state index in [-0.39, 0.29) is 11.2 Å². The molecule has 0 saturated heterocycles. The standard InChI is InChI=1S/C29H29N5O4/c1-5-8-24-23(26(36)25(16(2)17(3)35)28-30-18(4)32-34(24)28)15-19-11-13-20(14-12-19)21-9-6-7-10-22(21)27-31-29(37)38-33-27/h6-7,9-14,16H,5,8,15H2,1-4H3,(H,30,32)(H,31,33,37). The van der Waals surface area contributed by atoms with Gasteiger partial charge in [-0.25, -0.2) is 14.3 Å². The van der Waals surface area contributed by atoms with Gasteiger partial charge in [-0.05, 0) is 37.0 Å². The molecule has 0 saturated carbocycles. The van der Waals surface area contributed by atoms with Crippen molar-refractivity contribution in [3.05, 3.63) is 97.5 Å². The summed E-state index contributed by atoms with van der Waals surface area (Å²) in [6.45, 7) is 7.19. The van der Waals surface area contributed by atoms with Gasteiger partial charge in [0.05, 0.1) is 5.56 Å². The number of hydrogen-bond donors (Lipinski definition) is 2. The van der Waals surface area contributed by atoms with E-state index in [0.717, 1.165) is 34.4 Å². The fraction of sp³-hybridized carbons (Fsp3) is 0.276. The van der Waals surface area contributed by atoms with Gasteiger partial charge in [0.1, 0.15) is 11.6 Å². The van der Waals surface area contributed by atoms with Gasteiger partial charge in [-0.2, -0.15) is 0 Å². The molecule has 194 valence electrons. The molecule has 38 heavy (non-hydrogen) atoms. The quantitative estimate of drug-likeness (QED) is 0.314. The van der Waals surface area contributed by atoms with Crippen LogP contribution in [0.5, 0.6) is 0 Å². The number of aromatic amines is 2. The maximum absolute atomic E-state index is 13.9. The third kappa shape index (κ3) is 4.51. The highest BCUT2D eigenvalue weighted by atomic mass is 16.5. The van der Waals surface area contributed by atoms with E-state index in [2.05, 4.69) is 31.7 Å². The lowest BCUT2D eigenvalue weighted by molar-refractivity contribution is -0.118. The van der Waals surface area contributed by atoms with Gasteiger partial charge in [0.25, 0.3) is 0 Å². The van der Waals surface area contributed by atoms with Gasteiger partial charge in [-0.3, -0.25) is 24.2 Å². The van der Waals surface area contributed by atoms with Crippen molar-refractivity contribution in [1.29, 1.82) is 0 Å². The smallest absolute Gasteiger partial charge is 0.299 e. The van der Waals surface area contributed by atoms with Gasteiger partial charge in [0, 0.05) is 29.2 Å². The van der Waals surface area contributed by atoms with E-state index in [1.54, 1.807) is 6.92 Å². The maximum Gasteiger partial charge on any atom is 0.439 e. The third-order valence-electron chi connectivity index (χ3n) is 6.93. The first-order valence-corrected chi connectivity index (χ1v) is 12.7. The van der Waals surface area contributed by atoms with Crippen LogP contribution in [0.15, 0.2) is 62.6 Å². The van der Waals surface area contributed by atoms with Crippen molar-refractivity contribution in [3.8, 4) is 22.5 Å². The monoisotopic (exact) mass is 511 g/mol. The van der Waals surface area contributed by atoms with E-state index in [4.69, 9.17) is 0 Å². The number of pyridine rings is 1. The number of rotatable bonds is 8. The average Bonchev–Trinajstić information content (AvgIpc) is 3.51. The highest BCUT2D eigenvalue weighted by Crippen LogP contribution is 2.30. The highest BCUT2D eigenvalue weighted by Gasteiger charge is 2.25. The normalized spacial score (nSPS) is 12.2. The first kappa shape index (κ1) is 25.1. The van der Waals surface area contributed by atoms with Crippen LogP contribution in [0.2, 0.25) is 0 Å². The SMILES string of the molecule is CCCc1c(Cc2ccc(-c3ccccc3-c3noc(=O)[nH]3)cc2)c(=O)c(C(C)C(C)=O)c2nc(C)[nH]n12. The van der Waals surface area contributed by atoms with E-state index in [0.29, 0.717) is 41.3 Å². The number of benzene rings is 2. The fourth-order valence-electron chi connectivity index (χ4n) is 4.92. The summed E-state index contributed by atoms with van der Waals surface area (Å²) in [6.07, 6.45) is 1.98. The third-order valence-corrected chi connectivity index (χ3v) is 6.93. The molecule has 5 rings (SSSR count). The second kappa shape index (κ2) is 10.1. The van der Waals surface area contributed by atoms with Crippen molar-refractivity contribution < 1.29 is 9.32 Å². The summed E-state index contributed by atoms with van der Waals surface area (Å²) >= 11 is 0. The Hall–Kier alpha value is -4.53. The average molecular weight is 512 g/mol. The molecule has 0 spiro atoms. The number of aryl methyl sites for hydroxylation is 2. The number of fused-ring (bicyclic) bond motifs is 1. The topological polar surface area (TPSA) is 126 Å². The number of nitrogens with one attached hydrogen (secondary N) is 2. The molecule has 0 aliphatic heterocycles. The largest absolute Gasteiger partial charge is 0.439 e. The number of carbonyl (C=O) groups is 1. The Morgan fingerprint density at radius 1 is 1.08 bits per heavy atom. The van der Waals surface area contributed by atoms with Crippen LogP contribution in [0, 0.1) is 6.92 Å². The number of Topliss-reactive ketones (excluding diaryl/α,β-unsaturated/α-hetero) is 1. The Morgan fingerprint density at radius 3 is 2.42 bits per heavy atom. The van der Waals surface area contributed by atoms with E-state index >= 15 is 0 Å². The molecule has 3 heterocycles. The number of nitrogens with zero attached hydrogens (tertiary/aromatic N) is 3. The van der Waals surface area contributed by atoms with Crippen LogP contribution in [0.25, 0.3) is 28.2 Å². The van der Waals surface area contributed by atoms with E-state index in [9.17, 15) is 14.4 Å². The molecule has 1 atom stereocenters. The summed E-state index contributed by atoms with van der Waals surface area (Å²) in [4.78, 5) is 44.8. The summed E-state index contributed by atoms with van der Waals surface area (Å²) in [5.74, 6) is -0.191. The van der Waals surface area contributed by atoms with Crippen LogP contribution in [0.4, 0.5) is 0 Å². The lowest BCUT2D eigenvalue weighted by Crippen LogP contribution is -2.25. The molecule has 2 N–H and O–H groups in total. The summed E-state index contributed by atoms with van der Waals surface area (Å²) < 4.78 is 6.57. The molecule has 0 aliphatic rings. The Balaban J connectivity index is 1.58. The predicted molar refractivity (Wildman–Crippen MR) is 144 cm³/mol. The molecule has 9 nitrogen and oxygen atoms in total. The van der Waals surface area contributed by atoms with E-state index in [1.807, 2.05) is 60.0 Å². The second-order valence-corrected chi connectivity index (χ2v) is 9.58. The van der Waals surface area contributed by atoms with E-state index < -0.39 is 11.7 Å². The van der Waals surface area contributed by atoms with Crippen molar-refractivity contribution in [2.24, 2.45) is 0 Å².